The fourth-order valence-electron chi connectivity index (χ4n) is 4.90. The number of carbonyl (C=O) groups is 1. The van der Waals surface area contributed by atoms with E-state index in [9.17, 15) is 4.79 Å². The van der Waals surface area contributed by atoms with Gasteiger partial charge in [-0.1, -0.05) is 74.5 Å². The van der Waals surface area contributed by atoms with Crippen molar-refractivity contribution in [2.24, 2.45) is 0 Å². The Bertz CT molecular complexity index is 1440. The van der Waals surface area contributed by atoms with Crippen molar-refractivity contribution in [3.05, 3.63) is 130 Å². The highest BCUT2D eigenvalue weighted by Gasteiger charge is 2.29. The second-order valence-electron chi connectivity index (χ2n) is 10.5. The Morgan fingerprint density at radius 3 is 2.12 bits per heavy atom. The standard InChI is InChI=1S/C35H37NO5/c1-25(2)31-19-32(35(37)36-21-28-14-15-30(18-29(28)22-36)39-17-16-38-3)34(41-24-27-12-8-5-9-13-27)20-33(31)40-23-26-10-6-4-7-11-26/h4-13,15,18-21,25H,14,16-17,22-24H2,1-3H3. The Hall–Kier alpha value is -4.29. The molecule has 6 heteroatoms. The monoisotopic (exact) mass is 551 g/mol. The van der Waals surface area contributed by atoms with Crippen LogP contribution in [0.25, 0.3) is 0 Å². The average molecular weight is 552 g/mol. The van der Waals surface area contributed by atoms with Gasteiger partial charge in [0.05, 0.1) is 18.7 Å². The van der Waals surface area contributed by atoms with Crippen LogP contribution in [0.3, 0.4) is 0 Å². The molecule has 41 heavy (non-hydrogen) atoms. The predicted octanol–water partition coefficient (Wildman–Crippen LogP) is 7.18. The van der Waals surface area contributed by atoms with Gasteiger partial charge in [-0.15, -0.1) is 0 Å². The van der Waals surface area contributed by atoms with Gasteiger partial charge in [0.2, 0.25) is 0 Å². The van der Waals surface area contributed by atoms with Gasteiger partial charge in [-0.2, -0.15) is 0 Å². The van der Waals surface area contributed by atoms with Crippen LogP contribution in [-0.4, -0.2) is 37.7 Å². The molecule has 0 radical (unpaired) electrons. The molecule has 212 valence electrons. The van der Waals surface area contributed by atoms with Gasteiger partial charge in [0.15, 0.2) is 0 Å². The van der Waals surface area contributed by atoms with Gasteiger partial charge >= 0.3 is 0 Å². The molecule has 5 rings (SSSR count). The van der Waals surface area contributed by atoms with Crippen LogP contribution in [0.4, 0.5) is 0 Å². The molecule has 0 saturated carbocycles. The lowest BCUT2D eigenvalue weighted by atomic mass is 9.98. The number of ether oxygens (including phenoxy) is 4. The minimum atomic E-state index is -0.103. The van der Waals surface area contributed by atoms with Gasteiger partial charge in [0.25, 0.3) is 5.91 Å². The highest BCUT2D eigenvalue weighted by Crippen LogP contribution is 2.37. The Morgan fingerprint density at radius 2 is 1.49 bits per heavy atom. The molecular weight excluding hydrogens is 514 g/mol. The van der Waals surface area contributed by atoms with E-state index in [4.69, 9.17) is 18.9 Å². The lowest BCUT2D eigenvalue weighted by Crippen LogP contribution is -2.25. The molecule has 0 N–H and O–H groups in total. The summed E-state index contributed by atoms with van der Waals surface area (Å²) in [6.07, 6.45) is 6.74. The van der Waals surface area contributed by atoms with E-state index in [0.29, 0.717) is 44.3 Å². The van der Waals surface area contributed by atoms with Gasteiger partial charge in [0.1, 0.15) is 37.1 Å². The first kappa shape index (κ1) is 28.2. The average Bonchev–Trinajstić information content (AvgIpc) is 3.43. The summed E-state index contributed by atoms with van der Waals surface area (Å²) in [4.78, 5) is 15.8. The van der Waals surface area contributed by atoms with Crippen molar-refractivity contribution in [2.75, 3.05) is 26.9 Å². The summed E-state index contributed by atoms with van der Waals surface area (Å²) in [6, 6.07) is 23.9. The van der Waals surface area contributed by atoms with Crippen LogP contribution in [0.1, 0.15) is 53.2 Å². The maximum absolute atomic E-state index is 14.0. The molecule has 0 unspecified atom stereocenters. The fourth-order valence-corrected chi connectivity index (χ4v) is 4.90. The number of rotatable bonds is 12. The third kappa shape index (κ3) is 7.08. The summed E-state index contributed by atoms with van der Waals surface area (Å²) in [6.45, 7) is 6.50. The molecule has 3 aromatic rings. The molecule has 1 heterocycles. The molecule has 1 aliphatic carbocycles. The minimum Gasteiger partial charge on any atom is -0.492 e. The molecule has 0 saturated heterocycles. The van der Waals surface area contributed by atoms with Crippen molar-refractivity contribution in [3.63, 3.8) is 0 Å². The van der Waals surface area contributed by atoms with Crippen LogP contribution >= 0.6 is 0 Å². The Labute approximate surface area is 242 Å². The lowest BCUT2D eigenvalue weighted by Gasteiger charge is -2.21. The molecule has 0 aromatic heterocycles. The van der Waals surface area contributed by atoms with E-state index in [1.807, 2.05) is 91.1 Å². The smallest absolute Gasteiger partial charge is 0.261 e. The summed E-state index contributed by atoms with van der Waals surface area (Å²) in [5.41, 5.74) is 5.81. The number of hydrogen-bond acceptors (Lipinski definition) is 5. The molecule has 1 aliphatic heterocycles. The van der Waals surface area contributed by atoms with Crippen molar-refractivity contribution in [2.45, 2.75) is 39.4 Å². The molecule has 0 bridgehead atoms. The van der Waals surface area contributed by atoms with Crippen molar-refractivity contribution >= 4 is 5.91 Å². The Kier molecular flexibility index (Phi) is 9.22. The molecule has 0 atom stereocenters. The fraction of sp³-hybridized carbons (Fsp3) is 0.286. The third-order valence-electron chi connectivity index (χ3n) is 7.16. The summed E-state index contributed by atoms with van der Waals surface area (Å²) in [7, 11) is 1.66. The molecule has 0 fully saturated rings. The maximum Gasteiger partial charge on any atom is 0.261 e. The molecule has 0 spiro atoms. The number of fused-ring (bicyclic) bond motifs is 1. The quantitative estimate of drug-likeness (QED) is 0.223. The van der Waals surface area contributed by atoms with Crippen LogP contribution in [0.5, 0.6) is 11.5 Å². The number of nitrogens with zero attached hydrogens (tertiary/aromatic N) is 1. The zero-order valence-corrected chi connectivity index (χ0v) is 24.0. The second-order valence-corrected chi connectivity index (χ2v) is 10.5. The summed E-state index contributed by atoms with van der Waals surface area (Å²) < 4.78 is 23.5. The summed E-state index contributed by atoms with van der Waals surface area (Å²) in [5, 5.41) is 0. The first-order chi connectivity index (χ1) is 20.0. The van der Waals surface area contributed by atoms with Crippen LogP contribution in [0.2, 0.25) is 0 Å². The van der Waals surface area contributed by atoms with Crippen molar-refractivity contribution < 1.29 is 23.7 Å². The highest BCUT2D eigenvalue weighted by molar-refractivity contribution is 5.99. The SMILES string of the molecule is COCCOC1=CCC2=CN(C(=O)c3cc(C(C)C)c(OCc4ccccc4)cc3OCc3ccccc3)CC2=C1. The van der Waals surface area contributed by atoms with Gasteiger partial charge in [-0.3, -0.25) is 4.79 Å². The topological polar surface area (TPSA) is 57.2 Å². The number of amides is 1. The van der Waals surface area contributed by atoms with Crippen LogP contribution in [0, 0.1) is 0 Å². The van der Waals surface area contributed by atoms with Crippen molar-refractivity contribution in [1.82, 2.24) is 4.90 Å². The number of carbonyl (C=O) groups excluding carboxylic acids is 1. The van der Waals surface area contributed by atoms with Gasteiger partial charge in [0, 0.05) is 19.4 Å². The normalized spacial score (nSPS) is 14.2. The number of benzene rings is 3. The minimum absolute atomic E-state index is 0.103. The van der Waals surface area contributed by atoms with E-state index in [2.05, 4.69) is 13.8 Å². The van der Waals surface area contributed by atoms with E-state index in [0.717, 1.165) is 45.8 Å². The van der Waals surface area contributed by atoms with Gasteiger partial charge in [-0.05, 0) is 58.4 Å². The largest absolute Gasteiger partial charge is 0.492 e. The number of hydrogen-bond donors (Lipinski definition) is 0. The second kappa shape index (κ2) is 13.4. The zero-order valence-electron chi connectivity index (χ0n) is 24.0. The zero-order chi connectivity index (χ0) is 28.6. The first-order valence-corrected chi connectivity index (χ1v) is 14.1. The summed E-state index contributed by atoms with van der Waals surface area (Å²) in [5.74, 6) is 2.09. The van der Waals surface area contributed by atoms with Crippen molar-refractivity contribution in [1.29, 1.82) is 0 Å². The Morgan fingerprint density at radius 1 is 0.829 bits per heavy atom. The molecule has 2 aliphatic rings. The van der Waals surface area contributed by atoms with Gasteiger partial charge in [-0.25, -0.2) is 0 Å². The van der Waals surface area contributed by atoms with E-state index in [-0.39, 0.29) is 11.8 Å². The first-order valence-electron chi connectivity index (χ1n) is 14.1. The maximum atomic E-state index is 14.0. The third-order valence-corrected chi connectivity index (χ3v) is 7.16. The van der Waals surface area contributed by atoms with Crippen LogP contribution in [-0.2, 0) is 22.7 Å². The molecule has 3 aromatic carbocycles. The highest BCUT2D eigenvalue weighted by atomic mass is 16.5. The van der Waals surface area contributed by atoms with Crippen LogP contribution < -0.4 is 9.47 Å². The van der Waals surface area contributed by atoms with E-state index >= 15 is 0 Å². The van der Waals surface area contributed by atoms with E-state index in [1.165, 1.54) is 0 Å². The molecule has 6 nitrogen and oxygen atoms in total. The van der Waals surface area contributed by atoms with E-state index in [1.54, 1.807) is 12.0 Å². The van der Waals surface area contributed by atoms with Crippen LogP contribution in [0.15, 0.2) is 108 Å². The molecule has 1 amide bonds. The number of allylic oxidation sites excluding steroid dienone is 2. The Balaban J connectivity index is 1.42. The molecular formula is C35H37NO5. The lowest BCUT2D eigenvalue weighted by molar-refractivity contribution is 0.0833. The van der Waals surface area contributed by atoms with E-state index < -0.39 is 0 Å². The summed E-state index contributed by atoms with van der Waals surface area (Å²) >= 11 is 0. The predicted molar refractivity (Wildman–Crippen MR) is 160 cm³/mol. The van der Waals surface area contributed by atoms with Gasteiger partial charge < -0.3 is 23.8 Å². The van der Waals surface area contributed by atoms with Crippen molar-refractivity contribution in [3.8, 4) is 11.5 Å². The number of methoxy groups -OCH3 is 1.